The molecule has 1 aromatic carbocycles. The predicted octanol–water partition coefficient (Wildman–Crippen LogP) is 4.15. The minimum absolute atomic E-state index is 0.0527. The van der Waals surface area contributed by atoms with Crippen LogP contribution in [0.5, 0.6) is 0 Å². The summed E-state index contributed by atoms with van der Waals surface area (Å²) in [6.07, 6.45) is -3.21. The molecule has 0 atom stereocenters. The van der Waals surface area contributed by atoms with Gasteiger partial charge in [0, 0.05) is 0 Å². The summed E-state index contributed by atoms with van der Waals surface area (Å²) >= 11 is 1.00. The van der Waals surface area contributed by atoms with Gasteiger partial charge in [-0.2, -0.15) is 13.2 Å². The second-order valence-electron chi connectivity index (χ2n) is 4.30. The number of anilines is 1. The van der Waals surface area contributed by atoms with Crippen LogP contribution in [-0.4, -0.2) is 15.0 Å². The van der Waals surface area contributed by atoms with Crippen molar-refractivity contribution in [3.05, 3.63) is 60.0 Å². The molecule has 0 N–H and O–H groups in total. The topological polar surface area (TPSA) is 37.4 Å². The van der Waals surface area contributed by atoms with Gasteiger partial charge in [0.15, 0.2) is 0 Å². The highest BCUT2D eigenvalue weighted by molar-refractivity contribution is 7.94. The minimum Gasteiger partial charge on any atom is -0.262 e. The number of benzene rings is 1. The van der Waals surface area contributed by atoms with Gasteiger partial charge in [0.2, 0.25) is 0 Å². The van der Waals surface area contributed by atoms with Crippen LogP contribution in [0.3, 0.4) is 0 Å². The number of alkyl halides is 3. The number of hydrogen-bond acceptors (Lipinski definition) is 3. The first kappa shape index (κ1) is 16.6. The van der Waals surface area contributed by atoms with Crippen LogP contribution in [0.1, 0.15) is 5.56 Å². The quantitative estimate of drug-likeness (QED) is 0.762. The molecule has 0 aliphatic heterocycles. The van der Waals surface area contributed by atoms with E-state index in [2.05, 4.69) is 6.58 Å². The van der Waals surface area contributed by atoms with Gasteiger partial charge in [0.1, 0.15) is 4.21 Å². The average molecular weight is 347 g/mol. The molecule has 0 bridgehead atoms. The van der Waals surface area contributed by atoms with Gasteiger partial charge in [-0.3, -0.25) is 4.31 Å². The van der Waals surface area contributed by atoms with Crippen LogP contribution in [0.15, 0.2) is 58.6 Å². The van der Waals surface area contributed by atoms with Gasteiger partial charge in [-0.1, -0.05) is 18.2 Å². The van der Waals surface area contributed by atoms with Gasteiger partial charge in [-0.05, 0) is 29.6 Å². The van der Waals surface area contributed by atoms with Crippen LogP contribution in [0.2, 0.25) is 0 Å². The Balaban J connectivity index is 2.52. The molecule has 2 aromatic rings. The van der Waals surface area contributed by atoms with Crippen LogP contribution >= 0.6 is 11.3 Å². The molecule has 3 nitrogen and oxygen atoms in total. The van der Waals surface area contributed by atoms with Crippen molar-refractivity contribution < 1.29 is 21.6 Å². The van der Waals surface area contributed by atoms with Crippen molar-refractivity contribution in [2.24, 2.45) is 0 Å². The van der Waals surface area contributed by atoms with Gasteiger partial charge in [0.05, 0.1) is 17.8 Å². The summed E-state index contributed by atoms with van der Waals surface area (Å²) in [5.41, 5.74) is -0.955. The molecule has 1 aromatic heterocycles. The lowest BCUT2D eigenvalue weighted by Crippen LogP contribution is -2.30. The standard InChI is InChI=1S/C14H12F3NO2S2/c1-2-8-18(22(19,20)13-7-4-9-21-13)12-6-3-5-11(10-12)14(15,16)17/h2-7,9-10H,1,8H2. The molecule has 0 aliphatic carbocycles. The highest BCUT2D eigenvalue weighted by Gasteiger charge is 2.32. The zero-order valence-electron chi connectivity index (χ0n) is 11.2. The zero-order valence-corrected chi connectivity index (χ0v) is 12.9. The SMILES string of the molecule is C=CCN(c1cccc(C(F)(F)F)c1)S(=O)(=O)c1cccs1. The van der Waals surface area contributed by atoms with Gasteiger partial charge in [0.25, 0.3) is 10.0 Å². The summed E-state index contributed by atoms with van der Waals surface area (Å²) < 4.78 is 64.5. The second-order valence-corrected chi connectivity index (χ2v) is 7.34. The van der Waals surface area contributed by atoms with E-state index in [4.69, 9.17) is 0 Å². The summed E-state index contributed by atoms with van der Waals surface area (Å²) in [4.78, 5) is 0. The lowest BCUT2D eigenvalue weighted by molar-refractivity contribution is -0.137. The average Bonchev–Trinajstić information content (AvgIpc) is 2.98. The Morgan fingerprint density at radius 2 is 1.95 bits per heavy atom. The van der Waals surface area contributed by atoms with E-state index in [-0.39, 0.29) is 16.4 Å². The molecule has 22 heavy (non-hydrogen) atoms. The van der Waals surface area contributed by atoms with E-state index in [9.17, 15) is 21.6 Å². The van der Waals surface area contributed by atoms with E-state index in [1.54, 1.807) is 11.4 Å². The monoisotopic (exact) mass is 347 g/mol. The number of sulfonamides is 1. The summed E-state index contributed by atoms with van der Waals surface area (Å²) in [5.74, 6) is 0. The van der Waals surface area contributed by atoms with Crippen LogP contribution in [0.25, 0.3) is 0 Å². The first-order valence-corrected chi connectivity index (χ1v) is 8.43. The smallest absolute Gasteiger partial charge is 0.262 e. The number of rotatable bonds is 5. The molecule has 2 rings (SSSR count). The maximum Gasteiger partial charge on any atom is 0.416 e. The Morgan fingerprint density at radius 3 is 2.50 bits per heavy atom. The minimum atomic E-state index is -4.54. The van der Waals surface area contributed by atoms with Crippen molar-refractivity contribution in [2.75, 3.05) is 10.8 Å². The van der Waals surface area contributed by atoms with E-state index in [0.717, 1.165) is 27.8 Å². The van der Waals surface area contributed by atoms with Gasteiger partial charge < -0.3 is 0 Å². The fourth-order valence-electron chi connectivity index (χ4n) is 1.82. The number of nitrogens with zero attached hydrogens (tertiary/aromatic N) is 1. The highest BCUT2D eigenvalue weighted by Crippen LogP contribution is 2.33. The summed E-state index contributed by atoms with van der Waals surface area (Å²) in [7, 11) is -3.92. The number of thiophene rings is 1. The van der Waals surface area contributed by atoms with E-state index >= 15 is 0 Å². The largest absolute Gasteiger partial charge is 0.416 e. The molecular formula is C14H12F3NO2S2. The molecule has 0 fully saturated rings. The van der Waals surface area contributed by atoms with Crippen LogP contribution in [0, 0.1) is 0 Å². The third-order valence-corrected chi connectivity index (χ3v) is 5.96. The fourth-order valence-corrected chi connectivity index (χ4v) is 4.35. The Kier molecular flexibility index (Phi) is 4.62. The van der Waals surface area contributed by atoms with Crippen molar-refractivity contribution in [3.63, 3.8) is 0 Å². The highest BCUT2D eigenvalue weighted by atomic mass is 32.2. The van der Waals surface area contributed by atoms with E-state index in [0.29, 0.717) is 0 Å². The first-order chi connectivity index (χ1) is 10.3. The van der Waals surface area contributed by atoms with Crippen LogP contribution in [0.4, 0.5) is 18.9 Å². The number of halogens is 3. The van der Waals surface area contributed by atoms with Crippen molar-refractivity contribution >= 4 is 27.0 Å². The van der Waals surface area contributed by atoms with E-state index in [1.807, 2.05) is 0 Å². The zero-order chi connectivity index (χ0) is 16.4. The molecule has 118 valence electrons. The third-order valence-electron chi connectivity index (χ3n) is 2.80. The van der Waals surface area contributed by atoms with Crippen molar-refractivity contribution in [2.45, 2.75) is 10.4 Å². The Bertz CT molecular complexity index is 753. The Labute approximate surface area is 130 Å². The predicted molar refractivity (Wildman–Crippen MR) is 80.5 cm³/mol. The molecular weight excluding hydrogens is 335 g/mol. The molecule has 0 saturated heterocycles. The molecule has 0 unspecified atom stereocenters. The summed E-state index contributed by atoms with van der Waals surface area (Å²) in [5, 5.41) is 1.59. The molecule has 0 radical (unpaired) electrons. The molecule has 8 heteroatoms. The lowest BCUT2D eigenvalue weighted by atomic mass is 10.2. The van der Waals surface area contributed by atoms with Gasteiger partial charge in [-0.25, -0.2) is 8.42 Å². The van der Waals surface area contributed by atoms with Gasteiger partial charge >= 0.3 is 6.18 Å². The van der Waals surface area contributed by atoms with E-state index < -0.39 is 21.8 Å². The van der Waals surface area contributed by atoms with Gasteiger partial charge in [-0.15, -0.1) is 17.9 Å². The molecule has 0 spiro atoms. The fraction of sp³-hybridized carbons (Fsp3) is 0.143. The van der Waals surface area contributed by atoms with Crippen molar-refractivity contribution in [1.82, 2.24) is 0 Å². The van der Waals surface area contributed by atoms with Crippen LogP contribution < -0.4 is 4.31 Å². The first-order valence-electron chi connectivity index (χ1n) is 6.11. The molecule has 1 heterocycles. The maximum atomic E-state index is 12.8. The summed E-state index contributed by atoms with van der Waals surface area (Å²) in [6, 6.07) is 7.18. The third kappa shape index (κ3) is 3.33. The van der Waals surface area contributed by atoms with Crippen LogP contribution in [-0.2, 0) is 16.2 Å². The molecule has 0 amide bonds. The van der Waals surface area contributed by atoms with Crippen molar-refractivity contribution in [1.29, 1.82) is 0 Å². The summed E-state index contributed by atoms with van der Waals surface area (Å²) in [6.45, 7) is 3.34. The van der Waals surface area contributed by atoms with E-state index in [1.165, 1.54) is 24.3 Å². The second kappa shape index (κ2) is 6.13. The van der Waals surface area contributed by atoms with Crippen molar-refractivity contribution in [3.8, 4) is 0 Å². The number of hydrogen-bond donors (Lipinski definition) is 0. The Hall–Kier alpha value is -1.80. The molecule has 0 aliphatic rings. The lowest BCUT2D eigenvalue weighted by Gasteiger charge is -2.23. The molecule has 0 saturated carbocycles. The normalized spacial score (nSPS) is 12.1. The maximum absolute atomic E-state index is 12.8. The Morgan fingerprint density at radius 1 is 1.23 bits per heavy atom.